The summed E-state index contributed by atoms with van der Waals surface area (Å²) in [5.41, 5.74) is 0. The predicted octanol–water partition coefficient (Wildman–Crippen LogP) is 16.0. The number of allylic oxidation sites excluding steroid dienone is 9. The summed E-state index contributed by atoms with van der Waals surface area (Å²) in [6.07, 6.45) is 64.4. The maximum atomic E-state index is 13.3. The highest BCUT2D eigenvalue weighted by atomic mass is 16.7. The third kappa shape index (κ3) is 43.6. The van der Waals surface area contributed by atoms with Crippen molar-refractivity contribution in [2.75, 3.05) is 19.8 Å². The Morgan fingerprint density at radius 1 is 0.400 bits per heavy atom. The Morgan fingerprint density at radius 3 is 1.16 bits per heavy atom. The first-order valence-electron chi connectivity index (χ1n) is 37.5. The summed E-state index contributed by atoms with van der Waals surface area (Å²) < 4.78 is 22.9. The number of carbonyl (C=O) groups excluding carboxylic acids is 1. The smallest absolute Gasteiger partial charge is 0.220 e. The number of nitrogens with one attached hydrogen (secondary N) is 1. The Bertz CT molecular complexity index is 1740. The van der Waals surface area contributed by atoms with Crippen LogP contribution in [0.5, 0.6) is 0 Å². The van der Waals surface area contributed by atoms with Crippen LogP contribution in [0, 0.1) is 0 Å². The van der Waals surface area contributed by atoms with E-state index < -0.39 is 86.8 Å². The summed E-state index contributed by atoms with van der Waals surface area (Å²) >= 11 is 0. The molecule has 14 heteroatoms. The van der Waals surface area contributed by atoms with E-state index in [9.17, 15) is 45.6 Å². The number of aliphatic hydroxyl groups is 8. The number of unbranched alkanes of at least 4 members (excludes halogenated alkanes) is 41. The van der Waals surface area contributed by atoms with Crippen LogP contribution in [0.1, 0.15) is 322 Å². The highest BCUT2D eigenvalue weighted by Crippen LogP contribution is 2.30. The zero-order valence-corrected chi connectivity index (χ0v) is 57.4. The van der Waals surface area contributed by atoms with Gasteiger partial charge in [0.05, 0.1) is 32.0 Å². The van der Waals surface area contributed by atoms with Crippen molar-refractivity contribution in [3.63, 3.8) is 0 Å². The number of amides is 1. The van der Waals surface area contributed by atoms with Crippen LogP contribution < -0.4 is 5.32 Å². The van der Waals surface area contributed by atoms with Gasteiger partial charge in [-0.1, -0.05) is 299 Å². The van der Waals surface area contributed by atoms with Gasteiger partial charge in [-0.25, -0.2) is 0 Å². The van der Waals surface area contributed by atoms with Crippen molar-refractivity contribution in [3.8, 4) is 0 Å². The van der Waals surface area contributed by atoms with Crippen LogP contribution >= 0.6 is 0 Å². The molecule has 1 amide bonds. The van der Waals surface area contributed by atoms with Gasteiger partial charge in [0.25, 0.3) is 0 Å². The number of hydrogen-bond donors (Lipinski definition) is 9. The fourth-order valence-electron chi connectivity index (χ4n) is 12.2. The molecular weight excluding hydrogens is 1130 g/mol. The number of hydrogen-bond acceptors (Lipinski definition) is 13. The van der Waals surface area contributed by atoms with Crippen LogP contribution in [0.25, 0.3) is 0 Å². The molecule has 14 nitrogen and oxygen atoms in total. The van der Waals surface area contributed by atoms with Crippen LogP contribution in [-0.2, 0) is 23.7 Å². The summed E-state index contributed by atoms with van der Waals surface area (Å²) in [5.74, 6) is -0.249. The molecule has 0 saturated carbocycles. The molecule has 2 fully saturated rings. The van der Waals surface area contributed by atoms with Gasteiger partial charge in [-0.05, 0) is 77.0 Å². The summed E-state index contributed by atoms with van der Waals surface area (Å²) in [4.78, 5) is 13.3. The third-order valence-electron chi connectivity index (χ3n) is 18.2. The van der Waals surface area contributed by atoms with Crippen molar-refractivity contribution in [1.29, 1.82) is 0 Å². The summed E-state index contributed by atoms with van der Waals surface area (Å²) in [7, 11) is 0. The first-order valence-corrected chi connectivity index (χ1v) is 37.5. The number of aliphatic hydroxyl groups excluding tert-OH is 8. The van der Waals surface area contributed by atoms with E-state index in [1.165, 1.54) is 238 Å². The zero-order chi connectivity index (χ0) is 65.2. The Morgan fingerprint density at radius 2 is 0.744 bits per heavy atom. The molecule has 12 atom stereocenters. The average Bonchev–Trinajstić information content (AvgIpc) is 1.41. The van der Waals surface area contributed by atoms with Crippen molar-refractivity contribution in [2.45, 2.75) is 396 Å². The Labute approximate surface area is 549 Å². The molecule has 2 rings (SSSR count). The molecule has 0 bridgehead atoms. The van der Waals surface area contributed by atoms with Crippen LogP contribution in [-0.4, -0.2) is 140 Å². The lowest BCUT2D eigenvalue weighted by atomic mass is 9.97. The van der Waals surface area contributed by atoms with Gasteiger partial charge in [0, 0.05) is 6.42 Å². The fraction of sp³-hybridized carbons (Fsp3) is 0.855. The molecule has 0 aromatic heterocycles. The molecule has 0 aromatic rings. The van der Waals surface area contributed by atoms with E-state index in [1.807, 2.05) is 6.08 Å². The normalized spacial score (nSPS) is 23.2. The average molecular weight is 1270 g/mol. The molecule has 0 radical (unpaired) electrons. The molecule has 9 N–H and O–H groups in total. The van der Waals surface area contributed by atoms with Crippen molar-refractivity contribution < 1.29 is 64.6 Å². The van der Waals surface area contributed by atoms with Gasteiger partial charge in [-0.2, -0.15) is 0 Å². The van der Waals surface area contributed by atoms with E-state index in [4.69, 9.17) is 18.9 Å². The second-order valence-electron chi connectivity index (χ2n) is 26.4. The summed E-state index contributed by atoms with van der Waals surface area (Å²) in [6.45, 7) is 2.81. The molecule has 0 aliphatic carbocycles. The van der Waals surface area contributed by atoms with E-state index in [0.717, 1.165) is 51.4 Å². The molecule has 0 aromatic carbocycles. The Kier molecular flexibility index (Phi) is 56.2. The van der Waals surface area contributed by atoms with E-state index in [1.54, 1.807) is 6.08 Å². The summed E-state index contributed by atoms with van der Waals surface area (Å²) in [6, 6.07) is -0.940. The lowest BCUT2D eigenvalue weighted by molar-refractivity contribution is -0.359. The second-order valence-corrected chi connectivity index (χ2v) is 26.4. The van der Waals surface area contributed by atoms with Crippen LogP contribution in [0.4, 0.5) is 0 Å². The minimum atomic E-state index is -1.79. The maximum absolute atomic E-state index is 13.3. The monoisotopic (exact) mass is 1270 g/mol. The van der Waals surface area contributed by atoms with Gasteiger partial charge in [-0.15, -0.1) is 0 Å². The van der Waals surface area contributed by atoms with E-state index in [0.29, 0.717) is 12.8 Å². The van der Waals surface area contributed by atoms with Gasteiger partial charge < -0.3 is 65.1 Å². The molecule has 90 heavy (non-hydrogen) atoms. The second kappa shape index (κ2) is 60.4. The lowest BCUT2D eigenvalue weighted by Gasteiger charge is -2.46. The highest BCUT2D eigenvalue weighted by Gasteiger charge is 2.51. The molecule has 2 aliphatic rings. The van der Waals surface area contributed by atoms with Gasteiger partial charge >= 0.3 is 0 Å². The zero-order valence-electron chi connectivity index (χ0n) is 57.4. The fourth-order valence-corrected chi connectivity index (χ4v) is 12.2. The largest absolute Gasteiger partial charge is 0.394 e. The van der Waals surface area contributed by atoms with E-state index in [2.05, 4.69) is 67.8 Å². The van der Waals surface area contributed by atoms with Gasteiger partial charge in [-0.3, -0.25) is 4.79 Å². The minimum Gasteiger partial charge on any atom is -0.394 e. The molecule has 0 spiro atoms. The van der Waals surface area contributed by atoms with Crippen LogP contribution in [0.15, 0.2) is 60.8 Å². The van der Waals surface area contributed by atoms with E-state index in [-0.39, 0.29) is 18.9 Å². The SMILES string of the molecule is CCCCCCC/C=C\C/C=C\CCCCCCCCCCCCCCCCCCCCCCCC(=O)NC(COC1OC(CO)C(OC2OC(CO)C(O)C(O)C2O)C(O)C1O)C(O)/C=C/CC/C=C/CC/C=C/CCCCCCCCCCCCCCC. The summed E-state index contributed by atoms with van der Waals surface area (Å²) in [5, 5.41) is 87.5. The van der Waals surface area contributed by atoms with Crippen molar-refractivity contribution in [1.82, 2.24) is 5.32 Å². The van der Waals surface area contributed by atoms with Gasteiger partial charge in [0.15, 0.2) is 12.6 Å². The van der Waals surface area contributed by atoms with Crippen molar-refractivity contribution in [2.24, 2.45) is 0 Å². The Hall–Kier alpha value is -2.31. The molecule has 2 saturated heterocycles. The quantitative estimate of drug-likeness (QED) is 0.0204. The minimum absolute atomic E-state index is 0.249. The van der Waals surface area contributed by atoms with Gasteiger partial charge in [0.1, 0.15) is 48.8 Å². The van der Waals surface area contributed by atoms with Crippen LogP contribution in [0.3, 0.4) is 0 Å². The van der Waals surface area contributed by atoms with Gasteiger partial charge in [0.2, 0.25) is 5.91 Å². The lowest BCUT2D eigenvalue weighted by Crippen LogP contribution is -2.65. The first kappa shape index (κ1) is 83.8. The number of carbonyl (C=O) groups is 1. The molecule has 526 valence electrons. The van der Waals surface area contributed by atoms with Crippen LogP contribution in [0.2, 0.25) is 0 Å². The predicted molar refractivity (Wildman–Crippen MR) is 369 cm³/mol. The molecule has 2 aliphatic heterocycles. The van der Waals surface area contributed by atoms with Crippen molar-refractivity contribution >= 4 is 5.91 Å². The first-order chi connectivity index (χ1) is 44.1. The topological polar surface area (TPSA) is 228 Å². The highest BCUT2D eigenvalue weighted by molar-refractivity contribution is 5.76. The van der Waals surface area contributed by atoms with E-state index >= 15 is 0 Å². The third-order valence-corrected chi connectivity index (χ3v) is 18.2. The standard InChI is InChI=1S/C76H139NO13/c1-3-5-7-9-11-13-15-17-19-21-23-25-27-28-29-30-31-32-33-34-35-36-38-40-42-44-46-48-50-52-54-56-58-60-68(81)77-64(63-87-75-73(86)71(84)74(67(62-79)89-75)90-76-72(85)70(83)69(82)66(61-78)88-76)65(80)59-57-55-53-51-49-47-45-43-41-39-37-26-24-22-20-18-16-14-12-10-8-6-4-2/h15,17,21,23,41,43,49,51,57,59,64-67,69-76,78-80,82-86H,3-14,16,18-20,22,24-40,42,44-48,50,52-56,58,60-63H2,1-2H3,(H,77,81)/b17-15-,23-21-,43-41+,51-49+,59-57+. The number of ether oxygens (including phenoxy) is 4. The molecular formula is C76H139NO13. The maximum Gasteiger partial charge on any atom is 0.220 e. The molecule has 2 heterocycles. The van der Waals surface area contributed by atoms with Crippen molar-refractivity contribution in [3.05, 3.63) is 60.8 Å². The Balaban J connectivity index is 1.65. The number of rotatable bonds is 62. The molecule has 12 unspecified atom stereocenters.